The van der Waals surface area contributed by atoms with Crippen LogP contribution in [0.25, 0.3) is 0 Å². The zero-order valence-electron chi connectivity index (χ0n) is 10.8. The van der Waals surface area contributed by atoms with Crippen molar-refractivity contribution < 1.29 is 27.4 Å². The first-order chi connectivity index (χ1) is 9.76. The Morgan fingerprint density at radius 2 is 1.86 bits per heavy atom. The van der Waals surface area contributed by atoms with Crippen LogP contribution in [0.5, 0.6) is 5.75 Å². The maximum Gasteiger partial charge on any atom is 0.411 e. The van der Waals surface area contributed by atoms with Crippen LogP contribution in [0.2, 0.25) is 0 Å². The third-order valence-electron chi connectivity index (χ3n) is 2.02. The van der Waals surface area contributed by atoms with Gasteiger partial charge in [0.25, 0.3) is 0 Å². The number of alkyl halides is 3. The Hall–Kier alpha value is -1.87. The highest BCUT2D eigenvalue weighted by Gasteiger charge is 2.27. The van der Waals surface area contributed by atoms with Gasteiger partial charge < -0.3 is 20.5 Å². The van der Waals surface area contributed by atoms with Crippen LogP contribution in [0, 0.1) is 0 Å². The average molecular weight is 322 g/mol. The Labute approximate surface area is 124 Å². The van der Waals surface area contributed by atoms with Crippen molar-refractivity contribution in [1.82, 2.24) is 0 Å². The van der Waals surface area contributed by atoms with E-state index in [0.29, 0.717) is 11.4 Å². The van der Waals surface area contributed by atoms with E-state index >= 15 is 0 Å². The van der Waals surface area contributed by atoms with Gasteiger partial charge in [-0.25, -0.2) is 0 Å². The molecule has 0 saturated carbocycles. The van der Waals surface area contributed by atoms with Crippen molar-refractivity contribution in [2.75, 3.05) is 25.1 Å². The fourth-order valence-electron chi connectivity index (χ4n) is 1.25. The van der Waals surface area contributed by atoms with Gasteiger partial charge in [-0.3, -0.25) is 4.79 Å². The van der Waals surface area contributed by atoms with Gasteiger partial charge in [0.1, 0.15) is 30.6 Å². The maximum atomic E-state index is 11.8. The van der Waals surface area contributed by atoms with Crippen molar-refractivity contribution in [3.8, 4) is 5.75 Å². The number of benzene rings is 1. The molecule has 0 radical (unpaired) electrons. The van der Waals surface area contributed by atoms with E-state index in [1.807, 2.05) is 0 Å². The molecule has 1 rings (SSSR count). The second-order valence-electron chi connectivity index (χ2n) is 3.94. The molecule has 116 valence electrons. The van der Waals surface area contributed by atoms with Crippen molar-refractivity contribution in [1.29, 1.82) is 0 Å². The normalized spacial score (nSPS) is 11.0. The van der Waals surface area contributed by atoms with Crippen LogP contribution in [0.1, 0.15) is 0 Å². The molecule has 0 saturated heterocycles. The molecular weight excluding hydrogens is 309 g/mol. The Morgan fingerprint density at radius 1 is 1.24 bits per heavy atom. The molecule has 0 aliphatic heterocycles. The molecule has 0 aliphatic carbocycles. The summed E-state index contributed by atoms with van der Waals surface area (Å²) in [4.78, 5) is 11.5. The number of thiocarbonyl (C=S) groups is 1. The molecule has 0 atom stereocenters. The Balaban J connectivity index is 2.37. The van der Waals surface area contributed by atoms with E-state index in [1.54, 1.807) is 12.1 Å². The summed E-state index contributed by atoms with van der Waals surface area (Å²) in [5.41, 5.74) is 5.67. The summed E-state index contributed by atoms with van der Waals surface area (Å²) in [6.07, 6.45) is -4.46. The lowest BCUT2D eigenvalue weighted by molar-refractivity contribution is -0.174. The second-order valence-corrected chi connectivity index (χ2v) is 4.46. The second kappa shape index (κ2) is 7.79. The summed E-state index contributed by atoms with van der Waals surface area (Å²) >= 11 is 4.65. The number of nitrogens with two attached hydrogens (primary N) is 1. The molecule has 1 amide bonds. The lowest BCUT2D eigenvalue weighted by Crippen LogP contribution is -2.23. The zero-order valence-corrected chi connectivity index (χ0v) is 11.6. The predicted octanol–water partition coefficient (Wildman–Crippen LogP) is 1.87. The third kappa shape index (κ3) is 8.10. The predicted molar refractivity (Wildman–Crippen MR) is 74.2 cm³/mol. The number of amides is 1. The molecule has 0 aliphatic rings. The van der Waals surface area contributed by atoms with E-state index in [0.717, 1.165) is 0 Å². The number of hydrogen-bond acceptors (Lipinski definition) is 4. The van der Waals surface area contributed by atoms with Gasteiger partial charge in [-0.15, -0.1) is 0 Å². The highest BCUT2D eigenvalue weighted by molar-refractivity contribution is 7.80. The first kappa shape index (κ1) is 17.2. The Morgan fingerprint density at radius 3 is 2.38 bits per heavy atom. The van der Waals surface area contributed by atoms with Crippen LogP contribution < -0.4 is 15.8 Å². The Bertz CT molecular complexity index is 492. The van der Waals surface area contributed by atoms with Crippen LogP contribution in [-0.4, -0.2) is 36.9 Å². The molecule has 1 aromatic carbocycles. The molecule has 0 unspecified atom stereocenters. The molecule has 9 heteroatoms. The van der Waals surface area contributed by atoms with E-state index in [1.165, 1.54) is 12.1 Å². The van der Waals surface area contributed by atoms with E-state index < -0.39 is 25.3 Å². The molecule has 0 aromatic heterocycles. The van der Waals surface area contributed by atoms with Crippen molar-refractivity contribution in [2.45, 2.75) is 6.18 Å². The maximum absolute atomic E-state index is 11.8. The minimum atomic E-state index is -4.46. The number of ether oxygens (including phenoxy) is 2. The molecule has 0 spiro atoms. The number of carbonyl (C=O) groups excluding carboxylic acids is 1. The summed E-state index contributed by atoms with van der Waals surface area (Å²) in [6, 6.07) is 6.17. The quantitative estimate of drug-likeness (QED) is 0.750. The van der Waals surface area contributed by atoms with Crippen molar-refractivity contribution in [3.05, 3.63) is 24.3 Å². The summed E-state index contributed by atoms with van der Waals surface area (Å²) in [7, 11) is 0. The fraction of sp³-hybridized carbons (Fsp3) is 0.333. The first-order valence-electron chi connectivity index (χ1n) is 5.72. The topological polar surface area (TPSA) is 73.6 Å². The lowest BCUT2D eigenvalue weighted by atomic mass is 10.3. The van der Waals surface area contributed by atoms with Gasteiger partial charge in [0.15, 0.2) is 0 Å². The fourth-order valence-corrected chi connectivity index (χ4v) is 1.30. The third-order valence-corrected chi connectivity index (χ3v) is 2.14. The minimum Gasteiger partial charge on any atom is -0.487 e. The molecular formula is C12H13F3N2O3S. The minimum absolute atomic E-state index is 0.0896. The molecule has 3 N–H and O–H groups in total. The van der Waals surface area contributed by atoms with Crippen molar-refractivity contribution in [3.63, 3.8) is 0 Å². The van der Waals surface area contributed by atoms with E-state index in [9.17, 15) is 18.0 Å². The zero-order chi connectivity index (χ0) is 15.9. The number of hydrogen-bond donors (Lipinski definition) is 2. The van der Waals surface area contributed by atoms with Gasteiger partial charge in [0.05, 0.1) is 0 Å². The smallest absolute Gasteiger partial charge is 0.411 e. The molecule has 1 aromatic rings. The average Bonchev–Trinajstić information content (AvgIpc) is 2.36. The summed E-state index contributed by atoms with van der Waals surface area (Å²) < 4.78 is 44.9. The molecule has 0 fully saturated rings. The van der Waals surface area contributed by atoms with Gasteiger partial charge in [-0.2, -0.15) is 13.2 Å². The van der Waals surface area contributed by atoms with Gasteiger partial charge in [-0.05, 0) is 24.3 Å². The van der Waals surface area contributed by atoms with Gasteiger partial charge in [-0.1, -0.05) is 12.2 Å². The van der Waals surface area contributed by atoms with Crippen molar-refractivity contribution >= 4 is 28.8 Å². The van der Waals surface area contributed by atoms with E-state index in [2.05, 4.69) is 22.3 Å². The van der Waals surface area contributed by atoms with Crippen LogP contribution >= 0.6 is 12.2 Å². The Kier molecular flexibility index (Phi) is 6.38. The number of halogens is 3. The van der Waals surface area contributed by atoms with Crippen LogP contribution in [0.15, 0.2) is 24.3 Å². The first-order valence-corrected chi connectivity index (χ1v) is 6.12. The lowest BCUT2D eigenvalue weighted by Gasteiger charge is -2.09. The number of nitrogens with one attached hydrogen (secondary N) is 1. The highest BCUT2D eigenvalue weighted by Crippen LogP contribution is 2.16. The molecule has 0 heterocycles. The number of rotatable bonds is 7. The summed E-state index contributed by atoms with van der Waals surface area (Å²) in [5, 5.41) is 2.38. The number of anilines is 1. The van der Waals surface area contributed by atoms with Crippen LogP contribution in [0.4, 0.5) is 18.9 Å². The highest BCUT2D eigenvalue weighted by atomic mass is 32.1. The standard InChI is InChI=1S/C12H13F3N2O3S/c13-12(14,15)7-19-6-11(18)17-8-1-3-9(4-2-8)20-5-10(16)21/h1-4H,5-7H2,(H2,16,21)(H,17,18). The number of carbonyl (C=O) groups is 1. The monoisotopic (exact) mass is 322 g/mol. The largest absolute Gasteiger partial charge is 0.487 e. The van der Waals surface area contributed by atoms with Gasteiger partial charge in [0, 0.05) is 5.69 Å². The SMILES string of the molecule is NC(=S)COc1ccc(NC(=O)COCC(F)(F)F)cc1. The molecule has 0 bridgehead atoms. The van der Waals surface area contributed by atoms with Crippen molar-refractivity contribution in [2.24, 2.45) is 5.73 Å². The molecule has 21 heavy (non-hydrogen) atoms. The van der Waals surface area contributed by atoms with Crippen LogP contribution in [-0.2, 0) is 9.53 Å². The summed E-state index contributed by atoms with van der Waals surface area (Å²) in [5.74, 6) is -0.190. The van der Waals surface area contributed by atoms with E-state index in [4.69, 9.17) is 10.5 Å². The molecule has 5 nitrogen and oxygen atoms in total. The van der Waals surface area contributed by atoms with Gasteiger partial charge >= 0.3 is 6.18 Å². The summed E-state index contributed by atoms with van der Waals surface area (Å²) in [6.45, 7) is -2.06. The van der Waals surface area contributed by atoms with Crippen LogP contribution in [0.3, 0.4) is 0 Å². The van der Waals surface area contributed by atoms with E-state index in [-0.39, 0.29) is 11.6 Å². The van der Waals surface area contributed by atoms with Gasteiger partial charge in [0.2, 0.25) is 5.91 Å².